The highest BCUT2D eigenvalue weighted by atomic mass is 32.2. The molecule has 0 aliphatic carbocycles. The molecule has 0 radical (unpaired) electrons. The fraction of sp³-hybridized carbons (Fsp3) is 0.611. The first kappa shape index (κ1) is 18.1. The van der Waals surface area contributed by atoms with Gasteiger partial charge in [0, 0.05) is 31.1 Å². The minimum Gasteiger partial charge on any atom is -0.381 e. The third-order valence-electron chi connectivity index (χ3n) is 4.62. The first-order chi connectivity index (χ1) is 11.0. The Morgan fingerprint density at radius 2 is 1.91 bits per heavy atom. The molecule has 2 N–H and O–H groups in total. The quantitative estimate of drug-likeness (QED) is 0.838. The monoisotopic (exact) mass is 336 g/mol. The van der Waals surface area contributed by atoms with Crippen LogP contribution in [0, 0.1) is 6.92 Å². The molecule has 4 nitrogen and oxygen atoms in total. The maximum Gasteiger partial charge on any atom is 0.314 e. The predicted octanol–water partition coefficient (Wildman–Crippen LogP) is 3.31. The Labute approximate surface area is 143 Å². The molecule has 2 amide bonds. The maximum absolute atomic E-state index is 12.1. The van der Waals surface area contributed by atoms with Gasteiger partial charge >= 0.3 is 6.03 Å². The van der Waals surface area contributed by atoms with Crippen molar-refractivity contribution in [3.05, 3.63) is 35.4 Å². The fourth-order valence-electron chi connectivity index (χ4n) is 2.76. The highest BCUT2D eigenvalue weighted by Crippen LogP contribution is 2.32. The van der Waals surface area contributed by atoms with E-state index in [0.717, 1.165) is 26.1 Å². The number of benzene rings is 1. The molecule has 1 aliphatic rings. The molecule has 128 valence electrons. The van der Waals surface area contributed by atoms with Gasteiger partial charge in [0.1, 0.15) is 0 Å². The van der Waals surface area contributed by atoms with Gasteiger partial charge in [0.2, 0.25) is 0 Å². The molecule has 2 rings (SSSR count). The lowest BCUT2D eigenvalue weighted by atomic mass is 9.99. The smallest absolute Gasteiger partial charge is 0.314 e. The zero-order chi connectivity index (χ0) is 16.7. The van der Waals surface area contributed by atoms with Crippen molar-refractivity contribution in [3.63, 3.8) is 0 Å². The first-order valence-corrected chi connectivity index (χ1v) is 9.48. The van der Waals surface area contributed by atoms with Gasteiger partial charge in [-0.05, 0) is 37.5 Å². The Morgan fingerprint density at radius 3 is 2.52 bits per heavy atom. The highest BCUT2D eigenvalue weighted by molar-refractivity contribution is 8.00. The topological polar surface area (TPSA) is 50.4 Å². The molecule has 0 saturated carbocycles. The number of nitrogens with one attached hydrogen (secondary N) is 2. The van der Waals surface area contributed by atoms with Crippen molar-refractivity contribution in [2.45, 2.75) is 37.4 Å². The minimum absolute atomic E-state index is 0.0797. The average molecular weight is 337 g/mol. The lowest BCUT2D eigenvalue weighted by molar-refractivity contribution is 0.0777. The Hall–Kier alpha value is -1.20. The summed E-state index contributed by atoms with van der Waals surface area (Å²) in [6, 6.07) is 8.40. The summed E-state index contributed by atoms with van der Waals surface area (Å²) in [5.74, 6) is 0.305. The zero-order valence-electron chi connectivity index (χ0n) is 14.4. The summed E-state index contributed by atoms with van der Waals surface area (Å²) in [5.41, 5.74) is 2.51. The van der Waals surface area contributed by atoms with Crippen molar-refractivity contribution in [1.29, 1.82) is 0 Å². The summed E-state index contributed by atoms with van der Waals surface area (Å²) >= 11 is 1.84. The molecule has 0 spiro atoms. The van der Waals surface area contributed by atoms with Gasteiger partial charge in [-0.1, -0.05) is 36.8 Å². The van der Waals surface area contributed by atoms with Crippen LogP contribution >= 0.6 is 11.8 Å². The zero-order valence-corrected chi connectivity index (χ0v) is 15.2. The number of rotatable bonds is 6. The van der Waals surface area contributed by atoms with Crippen LogP contribution in [0.2, 0.25) is 0 Å². The molecule has 1 fully saturated rings. The van der Waals surface area contributed by atoms with E-state index in [1.165, 1.54) is 11.1 Å². The number of amides is 2. The summed E-state index contributed by atoms with van der Waals surface area (Å²) in [6.07, 6.45) is 4.10. The Bertz CT molecular complexity index is 498. The lowest BCUT2D eigenvalue weighted by Gasteiger charge is -2.35. The first-order valence-electron chi connectivity index (χ1n) is 8.26. The van der Waals surface area contributed by atoms with Crippen molar-refractivity contribution in [1.82, 2.24) is 10.6 Å². The summed E-state index contributed by atoms with van der Waals surface area (Å²) in [6.45, 7) is 7.13. The van der Waals surface area contributed by atoms with Crippen LogP contribution in [0.3, 0.4) is 0 Å². The molecule has 1 unspecified atom stereocenters. The van der Waals surface area contributed by atoms with Gasteiger partial charge in [0.15, 0.2) is 0 Å². The van der Waals surface area contributed by atoms with Crippen molar-refractivity contribution in [2.24, 2.45) is 0 Å². The Kier molecular flexibility index (Phi) is 6.78. The van der Waals surface area contributed by atoms with Crippen LogP contribution in [-0.2, 0) is 4.74 Å². The number of urea groups is 1. The molecule has 1 atom stereocenters. The normalized spacial score (nSPS) is 18.2. The molecule has 1 heterocycles. The van der Waals surface area contributed by atoms with E-state index >= 15 is 0 Å². The van der Waals surface area contributed by atoms with Crippen LogP contribution in [0.1, 0.15) is 36.8 Å². The second-order valence-electron chi connectivity index (χ2n) is 6.37. The van der Waals surface area contributed by atoms with Gasteiger partial charge in [-0.3, -0.25) is 0 Å². The average Bonchev–Trinajstić information content (AvgIpc) is 2.59. The summed E-state index contributed by atoms with van der Waals surface area (Å²) in [5, 5.41) is 6.02. The van der Waals surface area contributed by atoms with Crippen LogP contribution in [0.15, 0.2) is 24.3 Å². The summed E-state index contributed by atoms with van der Waals surface area (Å²) in [7, 11) is 0. The third kappa shape index (κ3) is 5.43. The van der Waals surface area contributed by atoms with E-state index in [-0.39, 0.29) is 10.8 Å². The van der Waals surface area contributed by atoms with Gasteiger partial charge in [0.25, 0.3) is 0 Å². The molecular weight excluding hydrogens is 308 g/mol. The van der Waals surface area contributed by atoms with Gasteiger partial charge in [-0.2, -0.15) is 11.8 Å². The van der Waals surface area contributed by atoms with E-state index in [2.05, 4.69) is 55.0 Å². The largest absolute Gasteiger partial charge is 0.381 e. The molecular formula is C18H28N2O2S. The standard InChI is InChI=1S/C18H28N2O2S/c1-14-4-6-16(7-5-14)15(2)12-19-17(21)20-13-18(23-3)8-10-22-11-9-18/h4-7,15H,8-13H2,1-3H3,(H2,19,20,21). The molecule has 5 heteroatoms. The maximum atomic E-state index is 12.1. The second kappa shape index (κ2) is 8.60. The van der Waals surface area contributed by atoms with Gasteiger partial charge in [-0.25, -0.2) is 4.79 Å². The van der Waals surface area contributed by atoms with Gasteiger partial charge in [-0.15, -0.1) is 0 Å². The molecule has 1 aromatic rings. The van der Waals surface area contributed by atoms with Crippen molar-refractivity contribution in [2.75, 3.05) is 32.6 Å². The van der Waals surface area contributed by atoms with E-state index in [4.69, 9.17) is 4.74 Å². The third-order valence-corrected chi connectivity index (χ3v) is 6.04. The van der Waals surface area contributed by atoms with E-state index in [0.29, 0.717) is 19.0 Å². The lowest BCUT2D eigenvalue weighted by Crippen LogP contribution is -2.47. The van der Waals surface area contributed by atoms with Crippen molar-refractivity contribution >= 4 is 17.8 Å². The number of carbonyl (C=O) groups excluding carboxylic acids is 1. The number of carbonyl (C=O) groups is 1. The molecule has 1 saturated heterocycles. The van der Waals surface area contributed by atoms with Crippen LogP contribution < -0.4 is 10.6 Å². The molecule has 0 bridgehead atoms. The summed E-state index contributed by atoms with van der Waals surface area (Å²) < 4.78 is 5.55. The van der Waals surface area contributed by atoms with Gasteiger partial charge < -0.3 is 15.4 Å². The molecule has 23 heavy (non-hydrogen) atoms. The number of hydrogen-bond donors (Lipinski definition) is 2. The molecule has 0 aromatic heterocycles. The predicted molar refractivity (Wildman–Crippen MR) is 97.3 cm³/mol. The highest BCUT2D eigenvalue weighted by Gasteiger charge is 2.32. The number of thioether (sulfide) groups is 1. The number of ether oxygens (including phenoxy) is 1. The fourth-order valence-corrected chi connectivity index (χ4v) is 3.55. The van der Waals surface area contributed by atoms with Crippen molar-refractivity contribution in [3.8, 4) is 0 Å². The van der Waals surface area contributed by atoms with E-state index in [1.807, 2.05) is 11.8 Å². The Morgan fingerprint density at radius 1 is 1.26 bits per heavy atom. The second-order valence-corrected chi connectivity index (χ2v) is 7.65. The molecule has 1 aliphatic heterocycles. The Balaban J connectivity index is 1.75. The van der Waals surface area contributed by atoms with E-state index in [1.54, 1.807) is 0 Å². The van der Waals surface area contributed by atoms with Crippen LogP contribution in [0.25, 0.3) is 0 Å². The van der Waals surface area contributed by atoms with Crippen molar-refractivity contribution < 1.29 is 9.53 Å². The van der Waals surface area contributed by atoms with Crippen LogP contribution in [-0.4, -0.2) is 43.3 Å². The van der Waals surface area contributed by atoms with Crippen LogP contribution in [0.5, 0.6) is 0 Å². The van der Waals surface area contributed by atoms with Gasteiger partial charge in [0.05, 0.1) is 0 Å². The minimum atomic E-state index is -0.0797. The van der Waals surface area contributed by atoms with Crippen LogP contribution in [0.4, 0.5) is 4.79 Å². The van der Waals surface area contributed by atoms with E-state index in [9.17, 15) is 4.79 Å². The number of aryl methyl sites for hydroxylation is 1. The number of hydrogen-bond acceptors (Lipinski definition) is 3. The molecule has 1 aromatic carbocycles. The van der Waals surface area contributed by atoms with E-state index < -0.39 is 0 Å². The SMILES string of the molecule is CSC1(CNC(=O)NCC(C)c2ccc(C)cc2)CCOCC1. The summed E-state index contributed by atoms with van der Waals surface area (Å²) in [4.78, 5) is 12.1.